The number of aliphatic hydroxyl groups is 1. The Balaban J connectivity index is 1.21. The number of aliphatic hydroxyl groups excluding tert-OH is 1. The van der Waals surface area contributed by atoms with E-state index in [0.29, 0.717) is 78.2 Å². The van der Waals surface area contributed by atoms with Crippen LogP contribution in [0.25, 0.3) is 0 Å². The highest BCUT2D eigenvalue weighted by Crippen LogP contribution is 2.28. The summed E-state index contributed by atoms with van der Waals surface area (Å²) in [4.78, 5) is 50.1. The lowest BCUT2D eigenvalue weighted by Gasteiger charge is -2.27. The van der Waals surface area contributed by atoms with E-state index in [-0.39, 0.29) is 37.2 Å². The Morgan fingerprint density at radius 2 is 1.29 bits per heavy atom. The third-order valence-electron chi connectivity index (χ3n) is 5.94. The monoisotopic (exact) mass is 576 g/mol. The number of benzene rings is 1. The SMILES string of the molecule is O=C1CCC(N2C(=O)c3ccc(C#CCOCCOCCOCCOCCOCCOCCO)cc3C2=O)C(=O)N1. The van der Waals surface area contributed by atoms with Crippen molar-refractivity contribution in [3.05, 3.63) is 34.9 Å². The number of imide groups is 2. The van der Waals surface area contributed by atoms with Crippen LogP contribution in [0, 0.1) is 11.8 Å². The molecule has 13 nitrogen and oxygen atoms in total. The van der Waals surface area contributed by atoms with Gasteiger partial charge in [-0.05, 0) is 24.6 Å². The molecular weight excluding hydrogens is 540 g/mol. The molecule has 0 saturated carbocycles. The number of hydrogen-bond donors (Lipinski definition) is 2. The summed E-state index contributed by atoms with van der Waals surface area (Å²) in [5, 5.41) is 10.7. The maximum atomic E-state index is 12.9. The van der Waals surface area contributed by atoms with Crippen LogP contribution in [0.2, 0.25) is 0 Å². The van der Waals surface area contributed by atoms with E-state index in [1.165, 1.54) is 12.1 Å². The van der Waals surface area contributed by atoms with Crippen molar-refractivity contribution in [1.29, 1.82) is 0 Å². The number of fused-ring (bicyclic) bond motifs is 1. The van der Waals surface area contributed by atoms with E-state index in [1.807, 2.05) is 0 Å². The van der Waals surface area contributed by atoms with Crippen molar-refractivity contribution in [3.63, 3.8) is 0 Å². The highest BCUT2D eigenvalue weighted by atomic mass is 16.6. The van der Waals surface area contributed by atoms with Gasteiger partial charge in [-0.1, -0.05) is 11.8 Å². The van der Waals surface area contributed by atoms with Crippen molar-refractivity contribution < 1.29 is 52.7 Å². The minimum absolute atomic E-state index is 0.00460. The smallest absolute Gasteiger partial charge is 0.262 e. The first-order chi connectivity index (χ1) is 20.0. The number of ether oxygens (including phenoxy) is 6. The van der Waals surface area contributed by atoms with Crippen molar-refractivity contribution in [2.45, 2.75) is 18.9 Å². The third kappa shape index (κ3) is 10.6. The largest absolute Gasteiger partial charge is 0.394 e. The van der Waals surface area contributed by atoms with Gasteiger partial charge in [-0.15, -0.1) is 0 Å². The molecule has 0 bridgehead atoms. The number of carbonyl (C=O) groups is 4. The fraction of sp³-hybridized carbons (Fsp3) is 0.571. The molecule has 0 aromatic heterocycles. The van der Waals surface area contributed by atoms with Crippen molar-refractivity contribution in [2.75, 3.05) is 85.9 Å². The van der Waals surface area contributed by atoms with E-state index in [4.69, 9.17) is 33.5 Å². The van der Waals surface area contributed by atoms with Crippen LogP contribution in [0.5, 0.6) is 0 Å². The minimum atomic E-state index is -1.00. The fourth-order valence-electron chi connectivity index (χ4n) is 3.97. The van der Waals surface area contributed by atoms with E-state index in [9.17, 15) is 19.2 Å². The predicted octanol–water partition coefficient (Wildman–Crippen LogP) is -0.469. The molecule has 3 rings (SSSR count). The van der Waals surface area contributed by atoms with Crippen molar-refractivity contribution in [1.82, 2.24) is 10.2 Å². The van der Waals surface area contributed by atoms with Gasteiger partial charge < -0.3 is 33.5 Å². The van der Waals surface area contributed by atoms with Gasteiger partial charge in [0.15, 0.2) is 0 Å². The van der Waals surface area contributed by atoms with Crippen LogP contribution in [-0.2, 0) is 38.0 Å². The molecule has 2 N–H and O–H groups in total. The van der Waals surface area contributed by atoms with Crippen LogP contribution >= 0.6 is 0 Å². The molecule has 1 aromatic carbocycles. The molecule has 4 amide bonds. The molecule has 41 heavy (non-hydrogen) atoms. The van der Waals surface area contributed by atoms with Gasteiger partial charge in [0, 0.05) is 12.0 Å². The molecule has 1 unspecified atom stereocenters. The predicted molar refractivity (Wildman–Crippen MR) is 142 cm³/mol. The average Bonchev–Trinajstić information content (AvgIpc) is 3.21. The third-order valence-corrected chi connectivity index (χ3v) is 5.94. The maximum Gasteiger partial charge on any atom is 0.262 e. The quantitative estimate of drug-likeness (QED) is 0.125. The van der Waals surface area contributed by atoms with Crippen LogP contribution in [0.3, 0.4) is 0 Å². The lowest BCUT2D eigenvalue weighted by Crippen LogP contribution is -2.54. The van der Waals surface area contributed by atoms with Gasteiger partial charge in [0.1, 0.15) is 12.6 Å². The van der Waals surface area contributed by atoms with Gasteiger partial charge in [-0.25, -0.2) is 0 Å². The minimum Gasteiger partial charge on any atom is -0.394 e. The summed E-state index contributed by atoms with van der Waals surface area (Å²) in [7, 11) is 0. The van der Waals surface area contributed by atoms with E-state index in [1.54, 1.807) is 6.07 Å². The summed E-state index contributed by atoms with van der Waals surface area (Å²) in [6.07, 6.45) is 0.172. The summed E-state index contributed by atoms with van der Waals surface area (Å²) >= 11 is 0. The number of amides is 4. The molecule has 1 fully saturated rings. The summed E-state index contributed by atoms with van der Waals surface area (Å²) in [5.74, 6) is 3.56. The summed E-state index contributed by atoms with van der Waals surface area (Å²) in [5.41, 5.74) is 0.922. The maximum absolute atomic E-state index is 12.9. The van der Waals surface area contributed by atoms with E-state index < -0.39 is 29.7 Å². The Bertz CT molecular complexity index is 1100. The van der Waals surface area contributed by atoms with Crippen LogP contribution in [-0.4, -0.2) is 126 Å². The summed E-state index contributed by atoms with van der Waals surface area (Å²) in [6, 6.07) is 3.67. The number of carbonyl (C=O) groups excluding carboxylic acids is 4. The Morgan fingerprint density at radius 1 is 0.756 bits per heavy atom. The van der Waals surface area contributed by atoms with Gasteiger partial charge in [0.05, 0.1) is 90.4 Å². The fourth-order valence-corrected chi connectivity index (χ4v) is 3.97. The second kappa shape index (κ2) is 18.3. The Morgan fingerprint density at radius 3 is 1.85 bits per heavy atom. The zero-order valence-electron chi connectivity index (χ0n) is 22.9. The van der Waals surface area contributed by atoms with Crippen LogP contribution in [0.4, 0.5) is 0 Å². The lowest BCUT2D eigenvalue weighted by atomic mass is 10.0. The first-order valence-corrected chi connectivity index (χ1v) is 13.4. The molecule has 1 aromatic rings. The van der Waals surface area contributed by atoms with E-state index in [2.05, 4.69) is 17.2 Å². The molecular formula is C28H36N2O11. The zero-order chi connectivity index (χ0) is 29.3. The standard InChI is InChI=1S/C28H36N2O11/c31-7-9-37-11-13-39-15-17-41-19-18-40-16-14-38-12-10-36-8-1-2-21-3-4-22-23(20-21)28(35)30(27(22)34)24-5-6-25(32)29-26(24)33/h3-4,20,24,31H,5-19H2,(H,29,32,33). The molecule has 2 aliphatic heterocycles. The molecule has 0 spiro atoms. The molecule has 1 atom stereocenters. The average molecular weight is 577 g/mol. The Labute approximate surface area is 238 Å². The van der Waals surface area contributed by atoms with Crippen LogP contribution in [0.1, 0.15) is 39.1 Å². The van der Waals surface area contributed by atoms with Gasteiger partial charge in [-0.2, -0.15) is 0 Å². The van der Waals surface area contributed by atoms with Crippen LogP contribution in [0.15, 0.2) is 18.2 Å². The summed E-state index contributed by atoms with van der Waals surface area (Å²) < 4.78 is 32.0. The normalized spacial score (nSPS) is 16.5. The zero-order valence-corrected chi connectivity index (χ0v) is 22.9. The Hall–Kier alpha value is -3.22. The molecule has 224 valence electrons. The molecule has 0 aliphatic carbocycles. The van der Waals surface area contributed by atoms with Crippen molar-refractivity contribution >= 4 is 23.6 Å². The first kappa shape index (κ1) is 32.3. The highest BCUT2D eigenvalue weighted by Gasteiger charge is 2.44. The molecule has 0 radical (unpaired) electrons. The topological polar surface area (TPSA) is 159 Å². The summed E-state index contributed by atoms with van der Waals surface area (Å²) in [6.45, 7) is 4.80. The van der Waals surface area contributed by atoms with Crippen molar-refractivity contribution in [3.8, 4) is 11.8 Å². The Kier molecular flexibility index (Phi) is 14.4. The molecule has 2 heterocycles. The molecule has 13 heteroatoms. The molecule has 1 saturated heterocycles. The van der Waals surface area contributed by atoms with Gasteiger partial charge >= 0.3 is 0 Å². The van der Waals surface area contributed by atoms with E-state index >= 15 is 0 Å². The number of nitrogens with zero attached hydrogens (tertiary/aromatic N) is 1. The molecule has 2 aliphatic rings. The number of piperidine rings is 1. The lowest BCUT2D eigenvalue weighted by molar-refractivity contribution is -0.136. The van der Waals surface area contributed by atoms with Gasteiger partial charge in [0.2, 0.25) is 11.8 Å². The van der Waals surface area contributed by atoms with Crippen LogP contribution < -0.4 is 5.32 Å². The highest BCUT2D eigenvalue weighted by molar-refractivity contribution is 6.23. The second-order valence-electron chi connectivity index (χ2n) is 8.85. The van der Waals surface area contributed by atoms with E-state index in [0.717, 1.165) is 4.90 Å². The second-order valence-corrected chi connectivity index (χ2v) is 8.85. The van der Waals surface area contributed by atoms with Gasteiger partial charge in [-0.3, -0.25) is 29.4 Å². The first-order valence-electron chi connectivity index (χ1n) is 13.4. The van der Waals surface area contributed by atoms with Crippen molar-refractivity contribution in [2.24, 2.45) is 0 Å². The number of rotatable bonds is 19. The number of hydrogen-bond acceptors (Lipinski definition) is 11. The van der Waals surface area contributed by atoms with Gasteiger partial charge in [0.25, 0.3) is 11.8 Å². The number of nitrogens with one attached hydrogen (secondary N) is 1.